The van der Waals surface area contributed by atoms with E-state index in [4.69, 9.17) is 0 Å². The van der Waals surface area contributed by atoms with Crippen molar-refractivity contribution in [1.82, 2.24) is 4.98 Å². The summed E-state index contributed by atoms with van der Waals surface area (Å²) in [6.45, 7) is 2.59. The molecule has 2 aromatic rings. The number of halogens is 1. The van der Waals surface area contributed by atoms with Gasteiger partial charge in [0.1, 0.15) is 0 Å². The normalized spacial score (nSPS) is 12.2. The van der Waals surface area contributed by atoms with Gasteiger partial charge >= 0.3 is 0 Å². The van der Waals surface area contributed by atoms with Crippen LogP contribution in [-0.2, 0) is 6.54 Å². The first-order chi connectivity index (χ1) is 9.08. The minimum Gasteiger partial charge on any atom is -0.389 e. The Bertz CT molecular complexity index is 543. The fourth-order valence-corrected chi connectivity index (χ4v) is 2.64. The van der Waals surface area contributed by atoms with E-state index in [1.165, 1.54) is 5.56 Å². The molecule has 0 saturated carbocycles. The van der Waals surface area contributed by atoms with E-state index in [9.17, 15) is 5.11 Å². The third-order valence-electron chi connectivity index (χ3n) is 3.04. The number of aromatic nitrogens is 1. The number of pyridine rings is 1. The summed E-state index contributed by atoms with van der Waals surface area (Å²) >= 11 is 3.50. The molecule has 1 N–H and O–H groups in total. The molecule has 0 bridgehead atoms. The van der Waals surface area contributed by atoms with Crippen LogP contribution in [0.1, 0.15) is 24.2 Å². The molecule has 0 aliphatic rings. The van der Waals surface area contributed by atoms with E-state index >= 15 is 0 Å². The number of rotatable bonds is 4. The number of aliphatic hydroxyl groups excluding tert-OH is 1. The smallest absolute Gasteiger partial charge is 0.0772 e. The number of anilines is 1. The van der Waals surface area contributed by atoms with Gasteiger partial charge in [0.25, 0.3) is 0 Å². The van der Waals surface area contributed by atoms with Crippen LogP contribution in [0.3, 0.4) is 0 Å². The number of hydrogen-bond donors (Lipinski definition) is 1. The van der Waals surface area contributed by atoms with E-state index in [0.717, 1.165) is 22.3 Å². The molecule has 1 heterocycles. The third-order valence-corrected chi connectivity index (χ3v) is 3.73. The van der Waals surface area contributed by atoms with Gasteiger partial charge in [0.15, 0.2) is 0 Å². The molecule has 0 aliphatic heterocycles. The van der Waals surface area contributed by atoms with E-state index in [0.29, 0.717) is 0 Å². The second-order valence-electron chi connectivity index (χ2n) is 4.59. The zero-order chi connectivity index (χ0) is 13.8. The molecule has 3 nitrogen and oxygen atoms in total. The topological polar surface area (TPSA) is 36.4 Å². The Hall–Kier alpha value is -1.39. The fraction of sp³-hybridized carbons (Fsp3) is 0.267. The Morgan fingerprint density at radius 3 is 2.53 bits per heavy atom. The van der Waals surface area contributed by atoms with Crippen LogP contribution in [0.4, 0.5) is 5.69 Å². The lowest BCUT2D eigenvalue weighted by atomic mass is 10.1. The van der Waals surface area contributed by atoms with Gasteiger partial charge in [0, 0.05) is 36.1 Å². The van der Waals surface area contributed by atoms with E-state index in [2.05, 4.69) is 25.8 Å². The van der Waals surface area contributed by atoms with E-state index < -0.39 is 6.10 Å². The molecule has 0 spiro atoms. The summed E-state index contributed by atoms with van der Waals surface area (Å²) in [5.74, 6) is 0. The van der Waals surface area contributed by atoms with Crippen molar-refractivity contribution in [2.45, 2.75) is 19.6 Å². The lowest BCUT2D eigenvalue weighted by Crippen LogP contribution is -2.16. The molecule has 1 unspecified atom stereocenters. The van der Waals surface area contributed by atoms with Gasteiger partial charge in [-0.05, 0) is 42.3 Å². The maximum atomic E-state index is 9.62. The lowest BCUT2D eigenvalue weighted by molar-refractivity contribution is 0.198. The van der Waals surface area contributed by atoms with E-state index in [1.54, 1.807) is 19.3 Å². The number of benzene rings is 1. The molecule has 19 heavy (non-hydrogen) atoms. The average Bonchev–Trinajstić information content (AvgIpc) is 2.39. The predicted octanol–water partition coefficient (Wildman–Crippen LogP) is 3.53. The maximum absolute atomic E-state index is 9.62. The van der Waals surface area contributed by atoms with Crippen molar-refractivity contribution in [3.63, 3.8) is 0 Å². The van der Waals surface area contributed by atoms with Crippen molar-refractivity contribution in [1.29, 1.82) is 0 Å². The van der Waals surface area contributed by atoms with E-state index in [-0.39, 0.29) is 0 Å². The highest BCUT2D eigenvalue weighted by atomic mass is 79.9. The van der Waals surface area contributed by atoms with Crippen molar-refractivity contribution >= 4 is 21.6 Å². The predicted molar refractivity (Wildman–Crippen MR) is 81.1 cm³/mol. The fourth-order valence-electron chi connectivity index (χ4n) is 1.95. The largest absolute Gasteiger partial charge is 0.389 e. The average molecular weight is 321 g/mol. The first-order valence-corrected chi connectivity index (χ1v) is 6.95. The van der Waals surface area contributed by atoms with Crippen LogP contribution in [-0.4, -0.2) is 17.1 Å². The number of aliphatic hydroxyl groups is 1. The Morgan fingerprint density at radius 1 is 1.26 bits per heavy atom. The standard InChI is InChI=1S/C15H17BrN2O/c1-11(19)14-4-3-13(9-15(14)16)18(2)10-12-5-7-17-8-6-12/h3-9,11,19H,10H2,1-2H3. The van der Waals surface area contributed by atoms with Gasteiger partial charge in [-0.2, -0.15) is 0 Å². The Kier molecular flexibility index (Phi) is 4.56. The SMILES string of the molecule is CC(O)c1ccc(N(C)Cc2ccncc2)cc1Br. The molecule has 100 valence electrons. The molecule has 1 aromatic carbocycles. The van der Waals surface area contributed by atoms with Crippen LogP contribution in [0.25, 0.3) is 0 Å². The minimum atomic E-state index is -0.464. The molecule has 2 rings (SSSR count). The zero-order valence-electron chi connectivity index (χ0n) is 11.0. The second kappa shape index (κ2) is 6.17. The Labute approximate surface area is 122 Å². The zero-order valence-corrected chi connectivity index (χ0v) is 12.6. The van der Waals surface area contributed by atoms with Gasteiger partial charge in [0.2, 0.25) is 0 Å². The second-order valence-corrected chi connectivity index (χ2v) is 5.45. The molecule has 1 atom stereocenters. The monoisotopic (exact) mass is 320 g/mol. The summed E-state index contributed by atoms with van der Waals surface area (Å²) < 4.78 is 0.932. The molecule has 4 heteroatoms. The third kappa shape index (κ3) is 3.55. The molecule has 0 radical (unpaired) electrons. The molecule has 0 amide bonds. The summed E-state index contributed by atoms with van der Waals surface area (Å²) in [5.41, 5.74) is 3.22. The summed E-state index contributed by atoms with van der Waals surface area (Å²) in [4.78, 5) is 6.18. The van der Waals surface area contributed by atoms with Crippen LogP contribution in [0, 0.1) is 0 Å². The van der Waals surface area contributed by atoms with Crippen LogP contribution in [0.5, 0.6) is 0 Å². The molecule has 0 aliphatic carbocycles. The minimum absolute atomic E-state index is 0.464. The molecule has 0 saturated heterocycles. The Morgan fingerprint density at radius 2 is 1.95 bits per heavy atom. The van der Waals surface area contributed by atoms with Crippen LogP contribution >= 0.6 is 15.9 Å². The molecular weight excluding hydrogens is 304 g/mol. The van der Waals surface area contributed by atoms with Crippen molar-refractivity contribution in [3.05, 3.63) is 58.3 Å². The molecular formula is C15H17BrN2O. The van der Waals surface area contributed by atoms with Crippen LogP contribution in [0.15, 0.2) is 47.2 Å². The van der Waals surface area contributed by atoms with Gasteiger partial charge in [-0.3, -0.25) is 4.98 Å². The summed E-state index contributed by atoms with van der Waals surface area (Å²) in [7, 11) is 2.05. The highest BCUT2D eigenvalue weighted by Crippen LogP contribution is 2.28. The maximum Gasteiger partial charge on any atom is 0.0772 e. The highest BCUT2D eigenvalue weighted by Gasteiger charge is 2.09. The van der Waals surface area contributed by atoms with Crippen LogP contribution in [0.2, 0.25) is 0 Å². The lowest BCUT2D eigenvalue weighted by Gasteiger charge is -2.21. The highest BCUT2D eigenvalue weighted by molar-refractivity contribution is 9.10. The van der Waals surface area contributed by atoms with Crippen molar-refractivity contribution < 1.29 is 5.11 Å². The number of hydrogen-bond acceptors (Lipinski definition) is 3. The van der Waals surface area contributed by atoms with Gasteiger partial charge in [-0.15, -0.1) is 0 Å². The first kappa shape index (κ1) is 14.0. The summed E-state index contributed by atoms with van der Waals surface area (Å²) in [6.07, 6.45) is 3.14. The van der Waals surface area contributed by atoms with Gasteiger partial charge in [-0.1, -0.05) is 22.0 Å². The van der Waals surface area contributed by atoms with Crippen molar-refractivity contribution in [2.75, 3.05) is 11.9 Å². The van der Waals surface area contributed by atoms with Gasteiger partial charge in [-0.25, -0.2) is 0 Å². The quantitative estimate of drug-likeness (QED) is 0.936. The summed E-state index contributed by atoms with van der Waals surface area (Å²) in [6, 6.07) is 10.0. The Balaban J connectivity index is 2.16. The molecule has 1 aromatic heterocycles. The van der Waals surface area contributed by atoms with E-state index in [1.807, 2.05) is 37.4 Å². The van der Waals surface area contributed by atoms with Crippen molar-refractivity contribution in [2.24, 2.45) is 0 Å². The van der Waals surface area contributed by atoms with Gasteiger partial charge < -0.3 is 10.0 Å². The molecule has 0 fully saturated rings. The first-order valence-electron chi connectivity index (χ1n) is 6.15. The van der Waals surface area contributed by atoms with Gasteiger partial charge in [0.05, 0.1) is 6.10 Å². The van der Waals surface area contributed by atoms with Crippen molar-refractivity contribution in [3.8, 4) is 0 Å². The summed E-state index contributed by atoms with van der Waals surface area (Å²) in [5, 5.41) is 9.62. The van der Waals surface area contributed by atoms with Crippen LogP contribution < -0.4 is 4.90 Å². The number of nitrogens with zero attached hydrogens (tertiary/aromatic N) is 2.